The molecule has 4 heterocycles. The molecule has 4 aromatic rings. The summed E-state index contributed by atoms with van der Waals surface area (Å²) in [5, 5.41) is 10.9. The second-order valence-corrected chi connectivity index (χ2v) is 8.11. The second-order valence-electron chi connectivity index (χ2n) is 8.11. The summed E-state index contributed by atoms with van der Waals surface area (Å²) in [6.07, 6.45) is 2.57. The zero-order valence-electron chi connectivity index (χ0n) is 17.4. The third-order valence-electron chi connectivity index (χ3n) is 6.31. The van der Waals surface area contributed by atoms with Crippen molar-refractivity contribution in [2.45, 2.75) is 18.5 Å². The van der Waals surface area contributed by atoms with Gasteiger partial charge in [-0.05, 0) is 53.9 Å². The van der Waals surface area contributed by atoms with Crippen molar-refractivity contribution in [1.82, 2.24) is 14.9 Å². The van der Waals surface area contributed by atoms with Gasteiger partial charge in [-0.25, -0.2) is 4.79 Å². The fourth-order valence-corrected chi connectivity index (χ4v) is 4.87. The molecule has 8 nitrogen and oxygen atoms in total. The van der Waals surface area contributed by atoms with Crippen molar-refractivity contribution >= 4 is 17.0 Å². The van der Waals surface area contributed by atoms with E-state index in [2.05, 4.69) is 9.97 Å². The molecule has 2 N–H and O–H groups in total. The minimum absolute atomic E-state index is 0.120. The maximum Gasteiger partial charge on any atom is 0.408 e. The lowest BCUT2D eigenvalue weighted by Gasteiger charge is -2.28. The Hall–Kier alpha value is -4.33. The van der Waals surface area contributed by atoms with Crippen LogP contribution in [0, 0.1) is 0 Å². The number of carboxylic acid groups (broad SMARTS) is 1. The molecule has 0 fully saturated rings. The standard InChI is InChI=1S/C25H19N3O5/c29-24-16-3-1-2-4-17(16)27-22-21(24)18(11-14-7-9-26-10-8-14)28(25(30)31)23(22)15-5-6-19-20(12-15)33-13-32-19/h1-10,12,18,23H,11,13H2,(H,27,29)(H,30,31). The molecule has 8 heteroatoms. The fourth-order valence-electron chi connectivity index (χ4n) is 4.87. The number of pyridine rings is 2. The number of hydrogen-bond acceptors (Lipinski definition) is 5. The third kappa shape index (κ3) is 3.02. The summed E-state index contributed by atoms with van der Waals surface area (Å²) < 4.78 is 11.0. The molecule has 0 bridgehead atoms. The summed E-state index contributed by atoms with van der Waals surface area (Å²) in [5.41, 5.74) is 3.15. The topological polar surface area (TPSA) is 105 Å². The Morgan fingerprint density at radius 1 is 1.09 bits per heavy atom. The van der Waals surface area contributed by atoms with E-state index >= 15 is 0 Å². The monoisotopic (exact) mass is 441 g/mol. The molecule has 0 radical (unpaired) electrons. The van der Waals surface area contributed by atoms with E-state index < -0.39 is 18.2 Å². The lowest BCUT2D eigenvalue weighted by Crippen LogP contribution is -2.34. The molecular formula is C25H19N3O5. The van der Waals surface area contributed by atoms with Gasteiger partial charge in [-0.15, -0.1) is 0 Å². The molecule has 2 aromatic heterocycles. The van der Waals surface area contributed by atoms with Crippen LogP contribution in [-0.4, -0.2) is 32.9 Å². The van der Waals surface area contributed by atoms with E-state index in [1.54, 1.807) is 36.7 Å². The van der Waals surface area contributed by atoms with Gasteiger partial charge < -0.3 is 19.6 Å². The SMILES string of the molecule is O=C(O)N1C(Cc2ccncc2)c2c([nH]c3ccccc3c2=O)C1c1ccc2c(c1)OCO2. The number of fused-ring (bicyclic) bond motifs is 3. The Morgan fingerprint density at radius 2 is 1.88 bits per heavy atom. The molecule has 2 atom stereocenters. The van der Waals surface area contributed by atoms with Crippen molar-refractivity contribution in [3.8, 4) is 11.5 Å². The van der Waals surface area contributed by atoms with Crippen LogP contribution in [0.5, 0.6) is 11.5 Å². The zero-order valence-corrected chi connectivity index (χ0v) is 17.4. The highest BCUT2D eigenvalue weighted by molar-refractivity contribution is 5.81. The van der Waals surface area contributed by atoms with Crippen LogP contribution in [0.2, 0.25) is 0 Å². The van der Waals surface area contributed by atoms with Crippen LogP contribution in [0.3, 0.4) is 0 Å². The predicted octanol–water partition coefficient (Wildman–Crippen LogP) is 4.02. The van der Waals surface area contributed by atoms with Crippen molar-refractivity contribution in [2.75, 3.05) is 6.79 Å². The minimum Gasteiger partial charge on any atom is -0.465 e. The summed E-state index contributed by atoms with van der Waals surface area (Å²) in [4.78, 5) is 35.1. The maximum absolute atomic E-state index is 13.7. The number of benzene rings is 2. The molecule has 164 valence electrons. The number of aromatic amines is 1. The minimum atomic E-state index is -1.11. The molecule has 2 aliphatic heterocycles. The van der Waals surface area contributed by atoms with Crippen molar-refractivity contribution in [1.29, 1.82) is 0 Å². The van der Waals surface area contributed by atoms with Crippen molar-refractivity contribution in [3.05, 3.63) is 99.6 Å². The lowest BCUT2D eigenvalue weighted by molar-refractivity contribution is 0.117. The molecule has 33 heavy (non-hydrogen) atoms. The van der Waals surface area contributed by atoms with E-state index in [9.17, 15) is 14.7 Å². The van der Waals surface area contributed by atoms with Crippen LogP contribution in [-0.2, 0) is 6.42 Å². The summed E-state index contributed by atoms with van der Waals surface area (Å²) in [6.45, 7) is 0.120. The van der Waals surface area contributed by atoms with Crippen molar-refractivity contribution in [3.63, 3.8) is 0 Å². The normalized spacial score (nSPS) is 18.5. The van der Waals surface area contributed by atoms with Crippen molar-refractivity contribution in [2.24, 2.45) is 0 Å². The first-order chi connectivity index (χ1) is 16.1. The second kappa shape index (κ2) is 7.37. The number of aromatic nitrogens is 2. The van der Waals surface area contributed by atoms with E-state index in [4.69, 9.17) is 9.47 Å². The quantitative estimate of drug-likeness (QED) is 0.498. The summed E-state index contributed by atoms with van der Waals surface area (Å²) in [6, 6.07) is 14.9. The Morgan fingerprint density at radius 3 is 2.70 bits per heavy atom. The van der Waals surface area contributed by atoms with E-state index in [1.165, 1.54) is 4.90 Å². The van der Waals surface area contributed by atoms with Crippen molar-refractivity contribution < 1.29 is 19.4 Å². The van der Waals surface area contributed by atoms with Gasteiger partial charge >= 0.3 is 6.09 Å². The predicted molar refractivity (Wildman–Crippen MR) is 120 cm³/mol. The molecule has 0 saturated carbocycles. The number of carbonyl (C=O) groups is 1. The third-order valence-corrected chi connectivity index (χ3v) is 6.31. The molecule has 1 amide bonds. The average molecular weight is 441 g/mol. The average Bonchev–Trinajstić information content (AvgIpc) is 3.42. The number of nitrogens with one attached hydrogen (secondary N) is 1. The number of para-hydroxylation sites is 1. The Kier molecular flexibility index (Phi) is 4.33. The van der Waals surface area contributed by atoms with Gasteiger partial charge in [0.25, 0.3) is 0 Å². The van der Waals surface area contributed by atoms with Gasteiger partial charge in [-0.3, -0.25) is 14.7 Å². The Labute approximate surface area is 188 Å². The van der Waals surface area contributed by atoms with Gasteiger partial charge in [-0.1, -0.05) is 18.2 Å². The zero-order chi connectivity index (χ0) is 22.5. The molecule has 0 aliphatic carbocycles. The highest BCUT2D eigenvalue weighted by Gasteiger charge is 2.45. The van der Waals surface area contributed by atoms with E-state index in [1.807, 2.05) is 30.3 Å². The summed E-state index contributed by atoms with van der Waals surface area (Å²) >= 11 is 0. The van der Waals surface area contributed by atoms with Gasteiger partial charge in [0.15, 0.2) is 16.9 Å². The number of rotatable bonds is 3. The highest BCUT2D eigenvalue weighted by Crippen LogP contribution is 2.47. The first-order valence-corrected chi connectivity index (χ1v) is 10.6. The molecule has 2 aromatic carbocycles. The largest absolute Gasteiger partial charge is 0.465 e. The molecule has 2 unspecified atom stereocenters. The number of nitrogens with zero attached hydrogens (tertiary/aromatic N) is 2. The first-order valence-electron chi connectivity index (χ1n) is 10.6. The number of amides is 1. The Bertz CT molecular complexity index is 1450. The molecule has 0 spiro atoms. The van der Waals surface area contributed by atoms with Crippen LogP contribution in [0.4, 0.5) is 4.79 Å². The number of hydrogen-bond donors (Lipinski definition) is 2. The highest BCUT2D eigenvalue weighted by atomic mass is 16.7. The first kappa shape index (κ1) is 19.4. The van der Waals surface area contributed by atoms with Crippen LogP contribution >= 0.6 is 0 Å². The Balaban J connectivity index is 1.60. The molecular weight excluding hydrogens is 422 g/mol. The lowest BCUT2D eigenvalue weighted by atomic mass is 9.97. The summed E-state index contributed by atoms with van der Waals surface area (Å²) in [5.74, 6) is 1.17. The van der Waals surface area contributed by atoms with Gasteiger partial charge in [0.2, 0.25) is 6.79 Å². The maximum atomic E-state index is 13.7. The van der Waals surface area contributed by atoms with E-state index in [0.717, 1.165) is 5.56 Å². The van der Waals surface area contributed by atoms with Gasteiger partial charge in [-0.2, -0.15) is 0 Å². The van der Waals surface area contributed by atoms with Gasteiger partial charge in [0.05, 0.1) is 11.7 Å². The number of H-pyrrole nitrogens is 1. The van der Waals surface area contributed by atoms with Crippen LogP contribution in [0.25, 0.3) is 10.9 Å². The fraction of sp³-hybridized carbons (Fsp3) is 0.160. The molecule has 0 saturated heterocycles. The van der Waals surface area contributed by atoms with Crippen LogP contribution in [0.15, 0.2) is 71.8 Å². The van der Waals surface area contributed by atoms with E-state index in [-0.39, 0.29) is 12.2 Å². The van der Waals surface area contributed by atoms with E-state index in [0.29, 0.717) is 45.6 Å². The smallest absolute Gasteiger partial charge is 0.408 e. The molecule has 2 aliphatic rings. The summed E-state index contributed by atoms with van der Waals surface area (Å²) in [7, 11) is 0. The van der Waals surface area contributed by atoms with Crippen LogP contribution < -0.4 is 14.9 Å². The number of ether oxygens (including phenoxy) is 2. The van der Waals surface area contributed by atoms with Gasteiger partial charge in [0, 0.05) is 28.9 Å². The molecule has 6 rings (SSSR count). The van der Waals surface area contributed by atoms with Gasteiger partial charge in [0.1, 0.15) is 6.04 Å². The van der Waals surface area contributed by atoms with Crippen LogP contribution in [0.1, 0.15) is 34.5 Å².